The number of carbonyl (C=O) groups is 3. The molecule has 0 spiro atoms. The number of fused-ring (bicyclic) bond motifs is 2. The molecule has 0 aromatic carbocycles. The van der Waals surface area contributed by atoms with E-state index in [-0.39, 0.29) is 18.0 Å². The van der Waals surface area contributed by atoms with Crippen LogP contribution >= 0.6 is 0 Å². The third-order valence-corrected chi connectivity index (χ3v) is 4.87. The van der Waals surface area contributed by atoms with Crippen LogP contribution in [0.3, 0.4) is 0 Å². The Kier molecular flexibility index (Phi) is 4.74. The quantitative estimate of drug-likeness (QED) is 0.570. The average Bonchev–Trinajstić information content (AvgIpc) is 2.77. The number of hydrogen-bond donors (Lipinski definition) is 0. The summed E-state index contributed by atoms with van der Waals surface area (Å²) >= 11 is 0. The van der Waals surface area contributed by atoms with E-state index in [9.17, 15) is 14.4 Å². The predicted octanol–water partition coefficient (Wildman–Crippen LogP) is 2.38. The van der Waals surface area contributed by atoms with E-state index in [1.165, 1.54) is 13.8 Å². The third-order valence-electron chi connectivity index (χ3n) is 4.87. The van der Waals surface area contributed by atoms with Crippen molar-refractivity contribution in [2.24, 2.45) is 11.3 Å². The van der Waals surface area contributed by atoms with Crippen LogP contribution in [0, 0.1) is 11.3 Å². The lowest BCUT2D eigenvalue weighted by atomic mass is 9.88. The van der Waals surface area contributed by atoms with Crippen molar-refractivity contribution in [1.82, 2.24) is 0 Å². The van der Waals surface area contributed by atoms with Crippen molar-refractivity contribution in [3.05, 3.63) is 0 Å². The maximum atomic E-state index is 12.4. The van der Waals surface area contributed by atoms with Crippen LogP contribution in [0.4, 0.5) is 0 Å². The second kappa shape index (κ2) is 6.13. The first-order valence-corrected chi connectivity index (χ1v) is 8.22. The van der Waals surface area contributed by atoms with Gasteiger partial charge in [0.15, 0.2) is 0 Å². The minimum absolute atomic E-state index is 0.0638. The van der Waals surface area contributed by atoms with E-state index >= 15 is 0 Å². The summed E-state index contributed by atoms with van der Waals surface area (Å²) in [5.41, 5.74) is -2.03. The molecule has 23 heavy (non-hydrogen) atoms. The Hall–Kier alpha value is -1.59. The van der Waals surface area contributed by atoms with E-state index in [0.717, 1.165) is 0 Å². The van der Waals surface area contributed by atoms with E-state index in [4.69, 9.17) is 14.2 Å². The van der Waals surface area contributed by atoms with Crippen molar-refractivity contribution in [2.45, 2.75) is 78.1 Å². The van der Waals surface area contributed by atoms with Gasteiger partial charge in [-0.15, -0.1) is 0 Å². The normalized spacial score (nSPS) is 27.3. The van der Waals surface area contributed by atoms with Gasteiger partial charge in [0.25, 0.3) is 0 Å². The average molecular weight is 326 g/mol. The molecule has 2 rings (SSSR count). The van der Waals surface area contributed by atoms with Crippen LogP contribution < -0.4 is 0 Å². The number of carbonyl (C=O) groups excluding carboxylic acids is 3. The standard InChI is InChI=1S/C17H26O6/c1-6-16(2,3)14(19)23-17(4,5)15(20)22-11-8-7-10-9-12(11)21-13(10)18/h10-12H,6-9H2,1-5H3. The molecule has 0 aromatic heterocycles. The Balaban J connectivity index is 1.96. The smallest absolute Gasteiger partial charge is 0.350 e. The summed E-state index contributed by atoms with van der Waals surface area (Å²) in [4.78, 5) is 36.1. The van der Waals surface area contributed by atoms with Crippen molar-refractivity contribution in [3.63, 3.8) is 0 Å². The van der Waals surface area contributed by atoms with Crippen molar-refractivity contribution in [3.8, 4) is 0 Å². The topological polar surface area (TPSA) is 78.9 Å². The summed E-state index contributed by atoms with van der Waals surface area (Å²) in [6, 6.07) is 0. The number of ether oxygens (including phenoxy) is 3. The molecular weight excluding hydrogens is 300 g/mol. The number of hydrogen-bond acceptors (Lipinski definition) is 6. The summed E-state index contributed by atoms with van der Waals surface area (Å²) in [6.45, 7) is 8.47. The number of rotatable bonds is 5. The van der Waals surface area contributed by atoms with Crippen LogP contribution in [0.1, 0.15) is 60.3 Å². The molecule has 6 nitrogen and oxygen atoms in total. The lowest BCUT2D eigenvalue weighted by molar-refractivity contribution is -0.191. The fourth-order valence-corrected chi connectivity index (χ4v) is 2.65. The van der Waals surface area contributed by atoms with Gasteiger partial charge < -0.3 is 14.2 Å². The van der Waals surface area contributed by atoms with Crippen LogP contribution in [0.5, 0.6) is 0 Å². The molecule has 0 N–H and O–H groups in total. The molecule has 1 saturated heterocycles. The van der Waals surface area contributed by atoms with Crippen molar-refractivity contribution >= 4 is 17.9 Å². The van der Waals surface area contributed by atoms with E-state index in [1.807, 2.05) is 6.92 Å². The van der Waals surface area contributed by atoms with Gasteiger partial charge in [0, 0.05) is 6.42 Å². The maximum Gasteiger partial charge on any atom is 0.350 e. The molecule has 3 atom stereocenters. The van der Waals surface area contributed by atoms with Gasteiger partial charge in [-0.2, -0.15) is 0 Å². The Bertz CT molecular complexity index is 507. The fourth-order valence-electron chi connectivity index (χ4n) is 2.65. The zero-order valence-electron chi connectivity index (χ0n) is 14.5. The summed E-state index contributed by atoms with van der Waals surface area (Å²) in [5.74, 6) is -1.31. The SMILES string of the molecule is CCC(C)(C)C(=O)OC(C)(C)C(=O)OC1CCC2CC1OC2=O. The van der Waals surface area contributed by atoms with Gasteiger partial charge in [-0.05, 0) is 47.0 Å². The molecule has 0 aromatic rings. The molecule has 6 heteroatoms. The van der Waals surface area contributed by atoms with Gasteiger partial charge in [-0.25, -0.2) is 4.79 Å². The van der Waals surface area contributed by atoms with Gasteiger partial charge >= 0.3 is 17.9 Å². The molecule has 130 valence electrons. The van der Waals surface area contributed by atoms with E-state index in [0.29, 0.717) is 25.7 Å². The van der Waals surface area contributed by atoms with Crippen LogP contribution in [-0.4, -0.2) is 35.7 Å². The Morgan fingerprint density at radius 1 is 1.17 bits per heavy atom. The second-order valence-electron chi connectivity index (χ2n) is 7.57. The van der Waals surface area contributed by atoms with Gasteiger partial charge in [-0.1, -0.05) is 6.92 Å². The lowest BCUT2D eigenvalue weighted by Gasteiger charge is -2.32. The largest absolute Gasteiger partial charge is 0.458 e. The molecule has 1 heterocycles. The van der Waals surface area contributed by atoms with Gasteiger partial charge in [-0.3, -0.25) is 9.59 Å². The monoisotopic (exact) mass is 326 g/mol. The maximum absolute atomic E-state index is 12.4. The van der Waals surface area contributed by atoms with Gasteiger partial charge in [0.05, 0.1) is 11.3 Å². The van der Waals surface area contributed by atoms with Crippen molar-refractivity contribution in [2.75, 3.05) is 0 Å². The van der Waals surface area contributed by atoms with Crippen LogP contribution in [0.2, 0.25) is 0 Å². The van der Waals surface area contributed by atoms with Crippen molar-refractivity contribution in [1.29, 1.82) is 0 Å². The predicted molar refractivity (Wildman–Crippen MR) is 81.3 cm³/mol. The molecule has 1 aliphatic carbocycles. The Morgan fingerprint density at radius 2 is 1.83 bits per heavy atom. The summed E-state index contributed by atoms with van der Waals surface area (Å²) < 4.78 is 16.1. The first kappa shape index (κ1) is 17.8. The molecule has 2 fully saturated rings. The highest BCUT2D eigenvalue weighted by atomic mass is 16.6. The summed E-state index contributed by atoms with van der Waals surface area (Å²) in [7, 11) is 0. The number of esters is 3. The highest BCUT2D eigenvalue weighted by molar-refractivity contribution is 5.84. The second-order valence-corrected chi connectivity index (χ2v) is 7.57. The highest BCUT2D eigenvalue weighted by Gasteiger charge is 2.47. The molecule has 0 radical (unpaired) electrons. The lowest BCUT2D eigenvalue weighted by Crippen LogP contribution is -2.45. The zero-order valence-corrected chi connectivity index (χ0v) is 14.5. The van der Waals surface area contributed by atoms with Crippen LogP contribution in [0.15, 0.2) is 0 Å². The van der Waals surface area contributed by atoms with Gasteiger partial charge in [0.2, 0.25) is 5.60 Å². The minimum atomic E-state index is -1.37. The minimum Gasteiger partial charge on any atom is -0.458 e. The van der Waals surface area contributed by atoms with E-state index in [1.54, 1.807) is 13.8 Å². The Morgan fingerprint density at radius 3 is 2.43 bits per heavy atom. The fraction of sp³-hybridized carbons (Fsp3) is 0.824. The highest BCUT2D eigenvalue weighted by Crippen LogP contribution is 2.36. The molecule has 1 saturated carbocycles. The van der Waals surface area contributed by atoms with E-state index in [2.05, 4.69) is 0 Å². The molecule has 1 aliphatic heterocycles. The molecule has 2 aliphatic rings. The first-order chi connectivity index (χ1) is 10.6. The van der Waals surface area contributed by atoms with Gasteiger partial charge in [0.1, 0.15) is 12.2 Å². The molecular formula is C17H26O6. The zero-order chi connectivity index (χ0) is 17.4. The molecule has 0 amide bonds. The van der Waals surface area contributed by atoms with Crippen molar-refractivity contribution < 1.29 is 28.6 Å². The summed E-state index contributed by atoms with van der Waals surface area (Å²) in [5, 5.41) is 0. The summed E-state index contributed by atoms with van der Waals surface area (Å²) in [6.07, 6.45) is 1.64. The third kappa shape index (κ3) is 3.67. The van der Waals surface area contributed by atoms with E-state index < -0.39 is 29.1 Å². The van der Waals surface area contributed by atoms with Crippen LogP contribution in [0.25, 0.3) is 0 Å². The first-order valence-electron chi connectivity index (χ1n) is 8.22. The molecule has 3 unspecified atom stereocenters. The Labute approximate surface area is 136 Å². The molecule has 2 bridgehead atoms. The van der Waals surface area contributed by atoms with Crippen LogP contribution in [-0.2, 0) is 28.6 Å².